The standard InChI is InChI=1S/C9H15N3OS/c10-8-6-11-9(14-8)12(4-5-13)7-2-1-3-7/h6-7,13H,1-5,10H2. The second-order valence-corrected chi connectivity index (χ2v) is 4.59. The first kappa shape index (κ1) is 9.73. The molecule has 0 radical (unpaired) electrons. The quantitative estimate of drug-likeness (QED) is 0.785. The zero-order valence-corrected chi connectivity index (χ0v) is 8.83. The number of aliphatic hydroxyl groups excluding tert-OH is 1. The Morgan fingerprint density at radius 3 is 2.86 bits per heavy atom. The van der Waals surface area contributed by atoms with Crippen LogP contribution in [0.5, 0.6) is 0 Å². The minimum Gasteiger partial charge on any atom is -0.395 e. The minimum absolute atomic E-state index is 0.177. The van der Waals surface area contributed by atoms with Gasteiger partial charge in [-0.1, -0.05) is 11.3 Å². The van der Waals surface area contributed by atoms with Crippen molar-refractivity contribution in [2.24, 2.45) is 0 Å². The fraction of sp³-hybridized carbons (Fsp3) is 0.667. The predicted molar refractivity (Wildman–Crippen MR) is 58.6 cm³/mol. The van der Waals surface area contributed by atoms with E-state index in [4.69, 9.17) is 10.8 Å². The Hall–Kier alpha value is -0.810. The van der Waals surface area contributed by atoms with Crippen LogP contribution in [0.4, 0.5) is 10.1 Å². The lowest BCUT2D eigenvalue weighted by atomic mass is 9.92. The van der Waals surface area contributed by atoms with Gasteiger partial charge in [0.25, 0.3) is 0 Å². The van der Waals surface area contributed by atoms with Gasteiger partial charge in [-0.05, 0) is 19.3 Å². The summed E-state index contributed by atoms with van der Waals surface area (Å²) in [7, 11) is 0. The molecule has 0 aliphatic heterocycles. The van der Waals surface area contributed by atoms with Gasteiger partial charge in [0, 0.05) is 12.6 Å². The Bertz CT molecular complexity index is 298. The molecule has 0 atom stereocenters. The van der Waals surface area contributed by atoms with E-state index in [1.165, 1.54) is 30.6 Å². The Morgan fingerprint density at radius 2 is 2.43 bits per heavy atom. The minimum atomic E-state index is 0.177. The molecule has 14 heavy (non-hydrogen) atoms. The zero-order valence-electron chi connectivity index (χ0n) is 8.02. The smallest absolute Gasteiger partial charge is 0.187 e. The second-order valence-electron chi connectivity index (χ2n) is 3.55. The monoisotopic (exact) mass is 213 g/mol. The number of anilines is 2. The van der Waals surface area contributed by atoms with Crippen LogP contribution in [0.1, 0.15) is 19.3 Å². The predicted octanol–water partition coefficient (Wildman–Crippen LogP) is 1.08. The van der Waals surface area contributed by atoms with Crippen LogP contribution in [-0.2, 0) is 0 Å². The van der Waals surface area contributed by atoms with Gasteiger partial charge in [0.05, 0.1) is 12.8 Å². The molecule has 1 heterocycles. The van der Waals surface area contributed by atoms with Crippen molar-refractivity contribution >= 4 is 21.5 Å². The summed E-state index contributed by atoms with van der Waals surface area (Å²) in [4.78, 5) is 6.42. The Labute approximate surface area is 87.4 Å². The van der Waals surface area contributed by atoms with E-state index in [1.807, 2.05) is 0 Å². The van der Waals surface area contributed by atoms with Crippen molar-refractivity contribution in [3.05, 3.63) is 6.20 Å². The van der Waals surface area contributed by atoms with Crippen molar-refractivity contribution in [3.8, 4) is 0 Å². The molecule has 1 aliphatic carbocycles. The van der Waals surface area contributed by atoms with E-state index >= 15 is 0 Å². The molecule has 0 unspecified atom stereocenters. The summed E-state index contributed by atoms with van der Waals surface area (Å²) < 4.78 is 0. The molecule has 0 amide bonds. The van der Waals surface area contributed by atoms with Gasteiger partial charge in [0.1, 0.15) is 5.00 Å². The lowest BCUT2D eigenvalue weighted by Gasteiger charge is -2.37. The molecule has 1 aliphatic rings. The maximum atomic E-state index is 8.98. The molecule has 78 valence electrons. The van der Waals surface area contributed by atoms with Gasteiger partial charge in [-0.3, -0.25) is 0 Å². The largest absolute Gasteiger partial charge is 0.395 e. The van der Waals surface area contributed by atoms with E-state index in [9.17, 15) is 0 Å². The molecular formula is C9H15N3OS. The Kier molecular flexibility index (Phi) is 2.88. The van der Waals surface area contributed by atoms with Crippen molar-refractivity contribution in [1.82, 2.24) is 4.98 Å². The molecule has 5 heteroatoms. The SMILES string of the molecule is Nc1cnc(N(CCO)C2CCC2)s1. The number of nitrogens with zero attached hydrogens (tertiary/aromatic N) is 2. The number of hydrogen-bond acceptors (Lipinski definition) is 5. The number of aliphatic hydroxyl groups is 1. The van der Waals surface area contributed by atoms with Crippen LogP contribution >= 0.6 is 11.3 Å². The highest BCUT2D eigenvalue weighted by molar-refractivity contribution is 7.19. The van der Waals surface area contributed by atoms with E-state index in [1.54, 1.807) is 6.20 Å². The zero-order chi connectivity index (χ0) is 9.97. The Balaban J connectivity index is 2.09. The second kappa shape index (κ2) is 4.14. The normalized spacial score (nSPS) is 16.6. The molecule has 3 N–H and O–H groups in total. The highest BCUT2D eigenvalue weighted by atomic mass is 32.1. The molecule has 1 saturated carbocycles. The van der Waals surface area contributed by atoms with Crippen molar-refractivity contribution < 1.29 is 5.11 Å². The van der Waals surface area contributed by atoms with Gasteiger partial charge in [0.15, 0.2) is 5.13 Å². The van der Waals surface area contributed by atoms with Crippen LogP contribution < -0.4 is 10.6 Å². The molecule has 0 saturated heterocycles. The summed E-state index contributed by atoms with van der Waals surface area (Å²) in [6, 6.07) is 0.563. The number of nitrogens with two attached hydrogens (primary N) is 1. The molecular weight excluding hydrogens is 198 g/mol. The van der Waals surface area contributed by atoms with E-state index in [-0.39, 0.29) is 6.61 Å². The van der Waals surface area contributed by atoms with Gasteiger partial charge < -0.3 is 15.7 Å². The number of hydrogen-bond donors (Lipinski definition) is 2. The fourth-order valence-electron chi connectivity index (χ4n) is 1.65. The van der Waals surface area contributed by atoms with Crippen LogP contribution in [0.3, 0.4) is 0 Å². The van der Waals surface area contributed by atoms with E-state index < -0.39 is 0 Å². The molecule has 2 rings (SSSR count). The summed E-state index contributed by atoms with van der Waals surface area (Å²) in [6.45, 7) is 0.841. The number of aromatic nitrogens is 1. The van der Waals surface area contributed by atoms with Crippen molar-refractivity contribution in [1.29, 1.82) is 0 Å². The van der Waals surface area contributed by atoms with Gasteiger partial charge in [0.2, 0.25) is 0 Å². The lowest BCUT2D eigenvalue weighted by Crippen LogP contribution is -2.41. The van der Waals surface area contributed by atoms with Crippen LogP contribution in [0.2, 0.25) is 0 Å². The summed E-state index contributed by atoms with van der Waals surface area (Å²) >= 11 is 1.49. The van der Waals surface area contributed by atoms with Crippen LogP contribution in [-0.4, -0.2) is 29.3 Å². The van der Waals surface area contributed by atoms with Crippen molar-refractivity contribution in [3.63, 3.8) is 0 Å². The molecule has 1 aromatic heterocycles. The van der Waals surface area contributed by atoms with E-state index in [0.717, 1.165) is 10.1 Å². The highest BCUT2D eigenvalue weighted by Gasteiger charge is 2.26. The average molecular weight is 213 g/mol. The van der Waals surface area contributed by atoms with Gasteiger partial charge in [-0.15, -0.1) is 0 Å². The first-order chi connectivity index (χ1) is 6.81. The van der Waals surface area contributed by atoms with Gasteiger partial charge in [-0.25, -0.2) is 4.98 Å². The molecule has 0 aromatic carbocycles. The van der Waals surface area contributed by atoms with Crippen LogP contribution in [0.25, 0.3) is 0 Å². The average Bonchev–Trinajstić information content (AvgIpc) is 2.48. The number of rotatable bonds is 4. The third kappa shape index (κ3) is 1.83. The molecule has 0 bridgehead atoms. The van der Waals surface area contributed by atoms with Crippen molar-refractivity contribution in [2.45, 2.75) is 25.3 Å². The summed E-state index contributed by atoms with van der Waals surface area (Å²) in [5, 5.41) is 10.7. The highest BCUT2D eigenvalue weighted by Crippen LogP contribution is 2.32. The molecule has 1 fully saturated rings. The first-order valence-corrected chi connectivity index (χ1v) is 5.71. The third-order valence-electron chi connectivity index (χ3n) is 2.61. The summed E-state index contributed by atoms with van der Waals surface area (Å²) in [5.41, 5.74) is 5.64. The number of nitrogen functional groups attached to an aromatic ring is 1. The Morgan fingerprint density at radius 1 is 1.64 bits per heavy atom. The van der Waals surface area contributed by atoms with Crippen molar-refractivity contribution in [2.75, 3.05) is 23.8 Å². The van der Waals surface area contributed by atoms with E-state index in [2.05, 4.69) is 9.88 Å². The van der Waals surface area contributed by atoms with Gasteiger partial charge >= 0.3 is 0 Å². The van der Waals surface area contributed by atoms with Crippen LogP contribution in [0.15, 0.2) is 6.20 Å². The number of thiazole rings is 1. The maximum absolute atomic E-state index is 8.98. The van der Waals surface area contributed by atoms with Gasteiger partial charge in [-0.2, -0.15) is 0 Å². The maximum Gasteiger partial charge on any atom is 0.187 e. The summed E-state index contributed by atoms with van der Waals surface area (Å²) in [6.07, 6.45) is 5.38. The first-order valence-electron chi connectivity index (χ1n) is 4.90. The third-order valence-corrected chi connectivity index (χ3v) is 3.48. The molecule has 4 nitrogen and oxygen atoms in total. The topological polar surface area (TPSA) is 62.4 Å². The van der Waals surface area contributed by atoms with E-state index in [0.29, 0.717) is 12.6 Å². The molecule has 1 aromatic rings. The summed E-state index contributed by atoms with van der Waals surface area (Å²) in [5.74, 6) is 0. The lowest BCUT2D eigenvalue weighted by molar-refractivity contribution is 0.283. The van der Waals surface area contributed by atoms with Crippen LogP contribution in [0, 0.1) is 0 Å². The molecule has 0 spiro atoms. The fourth-order valence-corrected chi connectivity index (χ4v) is 2.43.